The van der Waals surface area contributed by atoms with Gasteiger partial charge in [0.2, 0.25) is 11.8 Å². The van der Waals surface area contributed by atoms with Gasteiger partial charge in [-0.25, -0.2) is 4.39 Å². The molecule has 3 unspecified atom stereocenters. The second-order valence-corrected chi connectivity index (χ2v) is 9.83. The minimum Gasteiger partial charge on any atom is -0.482 e. The van der Waals surface area contributed by atoms with Gasteiger partial charge in [-0.15, -0.1) is 0 Å². The van der Waals surface area contributed by atoms with Gasteiger partial charge in [0.05, 0.1) is 16.2 Å². The van der Waals surface area contributed by atoms with Crippen LogP contribution in [-0.2, 0) is 16.0 Å². The third kappa shape index (κ3) is 8.11. The van der Waals surface area contributed by atoms with Crippen molar-refractivity contribution in [2.45, 2.75) is 44.4 Å². The molecular formula is C28H32FIN2O5. The van der Waals surface area contributed by atoms with Gasteiger partial charge in [0, 0.05) is 25.1 Å². The predicted octanol–water partition coefficient (Wildman–Crippen LogP) is 3.38. The van der Waals surface area contributed by atoms with E-state index < -0.39 is 24.2 Å². The number of carbonyl (C=O) groups excluding carboxylic acids is 2. The second-order valence-electron chi connectivity index (χ2n) is 8.67. The Morgan fingerprint density at radius 2 is 2.03 bits per heavy atom. The molecular weight excluding hydrogens is 590 g/mol. The van der Waals surface area contributed by atoms with Crippen LogP contribution in [0.5, 0.6) is 5.75 Å². The highest BCUT2D eigenvalue weighted by Gasteiger charge is 2.40. The Morgan fingerprint density at radius 1 is 1.24 bits per heavy atom. The molecule has 1 aliphatic rings. The molecule has 0 fully saturated rings. The van der Waals surface area contributed by atoms with Crippen LogP contribution >= 0.6 is 22.6 Å². The van der Waals surface area contributed by atoms with Gasteiger partial charge >= 0.3 is 0 Å². The number of benzene rings is 2. The molecule has 0 aromatic heterocycles. The van der Waals surface area contributed by atoms with Crippen molar-refractivity contribution in [3.8, 4) is 5.75 Å². The van der Waals surface area contributed by atoms with Crippen LogP contribution in [0.15, 0.2) is 72.3 Å². The van der Waals surface area contributed by atoms with Gasteiger partial charge < -0.3 is 25.2 Å². The van der Waals surface area contributed by atoms with Crippen LogP contribution < -0.4 is 10.1 Å². The summed E-state index contributed by atoms with van der Waals surface area (Å²) in [4.78, 5) is 27.7. The van der Waals surface area contributed by atoms with Crippen LogP contribution in [0.1, 0.15) is 25.3 Å². The lowest BCUT2D eigenvalue weighted by Crippen LogP contribution is -2.55. The number of nitrogens with one attached hydrogen (secondary N) is 1. The van der Waals surface area contributed by atoms with Gasteiger partial charge in [0.25, 0.3) is 0 Å². The number of para-hydroxylation sites is 1. The lowest BCUT2D eigenvalue weighted by molar-refractivity contribution is -0.133. The maximum atomic E-state index is 13.7. The van der Waals surface area contributed by atoms with Crippen molar-refractivity contribution in [2.24, 2.45) is 0 Å². The Bertz CT molecular complexity index is 1140. The number of halogens is 2. The average molecular weight is 622 g/mol. The van der Waals surface area contributed by atoms with E-state index in [1.165, 1.54) is 23.1 Å². The number of rotatable bonds is 11. The largest absolute Gasteiger partial charge is 0.482 e. The van der Waals surface area contributed by atoms with Crippen molar-refractivity contribution < 1.29 is 28.9 Å². The average Bonchev–Trinajstić information content (AvgIpc) is 2.89. The molecule has 2 aromatic rings. The molecule has 0 saturated heterocycles. The fourth-order valence-electron chi connectivity index (χ4n) is 4.16. The van der Waals surface area contributed by atoms with E-state index in [0.29, 0.717) is 29.7 Å². The molecule has 198 valence electrons. The first kappa shape index (κ1) is 28.8. The Hall–Kier alpha value is -2.76. The third-order valence-corrected chi connectivity index (χ3v) is 6.92. The van der Waals surface area contributed by atoms with Gasteiger partial charge in [0.15, 0.2) is 0 Å². The molecule has 0 saturated carbocycles. The van der Waals surface area contributed by atoms with Crippen molar-refractivity contribution in [2.75, 3.05) is 19.7 Å². The maximum Gasteiger partial charge on any atom is 0.247 e. The van der Waals surface area contributed by atoms with Crippen LogP contribution in [0.3, 0.4) is 0 Å². The first-order valence-corrected chi connectivity index (χ1v) is 13.3. The fraction of sp³-hybridized carbons (Fsp3) is 0.357. The molecule has 3 rings (SSSR count). The molecule has 3 N–H and O–H groups in total. The van der Waals surface area contributed by atoms with Crippen LogP contribution in [0.4, 0.5) is 4.39 Å². The standard InChI is InChI=1S/C28H32FIN2O5/c1-2-3-11-26(34)32(14-12-19-7-6-8-21(29)16-19)23-17-20(28(36)31-13-15-33)18-25(27(23)35)37-24-10-5-4-9-22(24)30/h3-11,16,18,23,25,27,33,35H,2,12-15,17H2,1H3,(H,31,36). The van der Waals surface area contributed by atoms with E-state index in [1.54, 1.807) is 30.4 Å². The summed E-state index contributed by atoms with van der Waals surface area (Å²) in [5, 5.41) is 23.2. The highest BCUT2D eigenvalue weighted by molar-refractivity contribution is 14.1. The molecule has 2 aromatic carbocycles. The topological polar surface area (TPSA) is 99.1 Å². The quantitative estimate of drug-likeness (QED) is 0.264. The minimum absolute atomic E-state index is 0.0763. The molecule has 7 nitrogen and oxygen atoms in total. The summed E-state index contributed by atoms with van der Waals surface area (Å²) in [6, 6.07) is 12.7. The summed E-state index contributed by atoms with van der Waals surface area (Å²) in [6.07, 6.45) is 3.86. The summed E-state index contributed by atoms with van der Waals surface area (Å²) in [5.74, 6) is -0.533. The second kappa shape index (κ2) is 14.3. The van der Waals surface area contributed by atoms with Crippen molar-refractivity contribution in [1.29, 1.82) is 0 Å². The summed E-state index contributed by atoms with van der Waals surface area (Å²) >= 11 is 2.13. The Morgan fingerprint density at radius 3 is 2.73 bits per heavy atom. The predicted molar refractivity (Wildman–Crippen MR) is 147 cm³/mol. The van der Waals surface area contributed by atoms with E-state index in [-0.39, 0.29) is 37.8 Å². The van der Waals surface area contributed by atoms with E-state index in [0.717, 1.165) is 3.57 Å². The number of allylic oxidation sites excluding steroid dienone is 1. The molecule has 0 bridgehead atoms. The number of nitrogens with zero attached hydrogens (tertiary/aromatic N) is 1. The zero-order chi connectivity index (χ0) is 26.8. The van der Waals surface area contributed by atoms with Crippen molar-refractivity contribution >= 4 is 34.4 Å². The summed E-state index contributed by atoms with van der Waals surface area (Å²) in [6.45, 7) is 1.98. The molecule has 0 spiro atoms. The number of aliphatic hydroxyl groups excluding tert-OH is 2. The van der Waals surface area contributed by atoms with Crippen LogP contribution in [0.2, 0.25) is 0 Å². The van der Waals surface area contributed by atoms with Gasteiger partial charge in [0.1, 0.15) is 23.8 Å². The number of hydrogen-bond donors (Lipinski definition) is 3. The number of amides is 2. The first-order chi connectivity index (χ1) is 17.8. The van der Waals surface area contributed by atoms with Gasteiger partial charge in [-0.3, -0.25) is 9.59 Å². The Kier molecular flexibility index (Phi) is 11.1. The molecule has 0 heterocycles. The minimum atomic E-state index is -1.13. The number of carbonyl (C=O) groups is 2. The molecule has 37 heavy (non-hydrogen) atoms. The van der Waals surface area contributed by atoms with E-state index >= 15 is 0 Å². The van der Waals surface area contributed by atoms with Gasteiger partial charge in [-0.05, 0) is 77.4 Å². The number of aliphatic hydroxyl groups is 2. The highest BCUT2D eigenvalue weighted by Crippen LogP contribution is 2.30. The molecule has 0 aliphatic heterocycles. The van der Waals surface area contributed by atoms with Gasteiger partial charge in [-0.2, -0.15) is 0 Å². The van der Waals surface area contributed by atoms with E-state index in [1.807, 2.05) is 25.1 Å². The highest BCUT2D eigenvalue weighted by atomic mass is 127. The zero-order valence-electron chi connectivity index (χ0n) is 20.6. The summed E-state index contributed by atoms with van der Waals surface area (Å²) in [7, 11) is 0. The van der Waals surface area contributed by atoms with Crippen molar-refractivity contribution in [3.63, 3.8) is 0 Å². The fourth-order valence-corrected chi connectivity index (χ4v) is 4.68. The lowest BCUT2D eigenvalue weighted by Gasteiger charge is -2.40. The molecule has 3 atom stereocenters. The van der Waals surface area contributed by atoms with Crippen LogP contribution in [0, 0.1) is 9.39 Å². The lowest BCUT2D eigenvalue weighted by atomic mass is 9.87. The van der Waals surface area contributed by atoms with Crippen LogP contribution in [0.25, 0.3) is 0 Å². The van der Waals surface area contributed by atoms with Crippen molar-refractivity contribution in [3.05, 3.63) is 87.3 Å². The normalized spacial score (nSPS) is 19.4. The van der Waals surface area contributed by atoms with Crippen molar-refractivity contribution in [1.82, 2.24) is 10.2 Å². The monoisotopic (exact) mass is 622 g/mol. The SMILES string of the molecule is CCC=CC(=O)N(CCc1cccc(F)c1)C1CC(C(=O)NCCO)=CC(Oc2ccccc2I)C1O. The first-order valence-electron chi connectivity index (χ1n) is 12.2. The molecule has 2 amide bonds. The maximum absolute atomic E-state index is 13.7. The number of hydrogen-bond acceptors (Lipinski definition) is 5. The van der Waals surface area contributed by atoms with Gasteiger partial charge in [-0.1, -0.05) is 37.3 Å². The summed E-state index contributed by atoms with van der Waals surface area (Å²) in [5.41, 5.74) is 1.06. The smallest absolute Gasteiger partial charge is 0.247 e. The zero-order valence-corrected chi connectivity index (χ0v) is 22.8. The van der Waals surface area contributed by atoms with E-state index in [4.69, 9.17) is 9.84 Å². The van der Waals surface area contributed by atoms with E-state index in [2.05, 4.69) is 27.9 Å². The molecule has 0 radical (unpaired) electrons. The molecule has 1 aliphatic carbocycles. The molecule has 9 heteroatoms. The van der Waals surface area contributed by atoms with Crippen LogP contribution in [-0.4, -0.2) is 64.9 Å². The summed E-state index contributed by atoms with van der Waals surface area (Å²) < 4.78 is 20.7. The number of ether oxygens (including phenoxy) is 1. The van der Waals surface area contributed by atoms with E-state index in [9.17, 15) is 19.1 Å². The third-order valence-electron chi connectivity index (χ3n) is 6.02. The Balaban J connectivity index is 1.94. The Labute approximate surface area is 230 Å².